The molecule has 5 aliphatic rings. The molecule has 2 aromatic heterocycles. The second-order valence-electron chi connectivity index (χ2n) is 13.9. The molecule has 3 heterocycles. The number of aromatic nitrogens is 4. The first-order chi connectivity index (χ1) is 21.3. The summed E-state index contributed by atoms with van der Waals surface area (Å²) in [5, 5.41) is 4.50. The lowest BCUT2D eigenvalue weighted by Gasteiger charge is -2.53. The third kappa shape index (κ3) is 5.40. The SMILES string of the molecule is CCOc1ncc(-c2cccc(N(CC34CCC(c5noc(C6(C)COC6)n5)(CC3)CC4)C(=O)CC3CC(OC)C3)c2)cn1. The molecule has 4 saturated carbocycles. The second-order valence-corrected chi connectivity index (χ2v) is 13.9. The van der Waals surface area contributed by atoms with Gasteiger partial charge in [0.25, 0.3) is 0 Å². The molecule has 44 heavy (non-hydrogen) atoms. The van der Waals surface area contributed by atoms with E-state index in [-0.39, 0.29) is 28.3 Å². The molecule has 4 aliphatic carbocycles. The summed E-state index contributed by atoms with van der Waals surface area (Å²) < 4.78 is 22.1. The number of benzene rings is 1. The number of carbonyl (C=O) groups is 1. The standard InChI is InChI=1S/C34H43N5O5/c1-4-43-31-35-18-25(19-36-31)24-6-5-7-26(17-24)39(28(40)16-23-14-27(15-23)41-3)20-33-8-11-34(12-9-33,13-10-33)29-37-30(44-38-29)32(2)21-42-22-32/h5-7,17-19,23,27H,4,8-16,20-22H2,1-3H3. The van der Waals surface area contributed by atoms with Crippen LogP contribution in [-0.2, 0) is 25.1 Å². The van der Waals surface area contributed by atoms with Crippen LogP contribution in [-0.4, -0.2) is 65.6 Å². The maximum Gasteiger partial charge on any atom is 0.316 e. The van der Waals surface area contributed by atoms with Gasteiger partial charge in [0.15, 0.2) is 5.82 Å². The number of hydrogen-bond acceptors (Lipinski definition) is 9. The zero-order valence-electron chi connectivity index (χ0n) is 26.1. The van der Waals surface area contributed by atoms with E-state index >= 15 is 0 Å². The Morgan fingerprint density at radius 3 is 2.41 bits per heavy atom. The molecule has 0 atom stereocenters. The summed E-state index contributed by atoms with van der Waals surface area (Å²) in [6, 6.07) is 8.61. The van der Waals surface area contributed by atoms with Crippen LogP contribution in [0.1, 0.15) is 83.3 Å². The van der Waals surface area contributed by atoms with Gasteiger partial charge in [-0.05, 0) is 94.2 Å². The summed E-state index contributed by atoms with van der Waals surface area (Å²) in [7, 11) is 1.76. The molecule has 2 bridgehead atoms. The number of nitrogens with zero attached hydrogens (tertiary/aromatic N) is 5. The van der Waals surface area contributed by atoms with Crippen molar-refractivity contribution in [3.05, 3.63) is 48.4 Å². The van der Waals surface area contributed by atoms with E-state index in [1.807, 2.05) is 19.1 Å². The van der Waals surface area contributed by atoms with Crippen molar-refractivity contribution in [1.29, 1.82) is 0 Å². The van der Waals surface area contributed by atoms with Crippen molar-refractivity contribution in [2.45, 2.75) is 88.6 Å². The first-order valence-electron chi connectivity index (χ1n) is 16.1. The summed E-state index contributed by atoms with van der Waals surface area (Å²) in [5.41, 5.74) is 2.68. The Morgan fingerprint density at radius 1 is 1.05 bits per heavy atom. The lowest BCUT2D eigenvalue weighted by Crippen LogP contribution is -2.51. The summed E-state index contributed by atoms with van der Waals surface area (Å²) in [5.74, 6) is 2.14. The van der Waals surface area contributed by atoms with Crippen molar-refractivity contribution < 1.29 is 23.5 Å². The molecule has 5 fully saturated rings. The van der Waals surface area contributed by atoms with Gasteiger partial charge in [-0.25, -0.2) is 9.97 Å². The zero-order valence-corrected chi connectivity index (χ0v) is 26.1. The summed E-state index contributed by atoms with van der Waals surface area (Å²) >= 11 is 0. The fourth-order valence-corrected chi connectivity index (χ4v) is 7.62. The van der Waals surface area contributed by atoms with Crippen molar-refractivity contribution in [1.82, 2.24) is 20.1 Å². The molecule has 234 valence electrons. The smallest absolute Gasteiger partial charge is 0.316 e. The molecule has 8 rings (SSSR count). The lowest BCUT2D eigenvalue weighted by molar-refractivity contribution is -0.122. The number of methoxy groups -OCH3 is 1. The Morgan fingerprint density at radius 2 is 1.77 bits per heavy atom. The van der Waals surface area contributed by atoms with Crippen molar-refractivity contribution in [2.75, 3.05) is 38.4 Å². The molecule has 0 unspecified atom stereocenters. The van der Waals surface area contributed by atoms with Crippen LogP contribution in [0.4, 0.5) is 5.69 Å². The molecule has 1 amide bonds. The van der Waals surface area contributed by atoms with E-state index in [0.717, 1.165) is 80.6 Å². The minimum Gasteiger partial charge on any atom is -0.464 e. The van der Waals surface area contributed by atoms with Gasteiger partial charge in [0.1, 0.15) is 0 Å². The van der Waals surface area contributed by atoms with Gasteiger partial charge in [0.2, 0.25) is 11.8 Å². The highest BCUT2D eigenvalue weighted by Crippen LogP contribution is 2.58. The molecule has 10 nitrogen and oxygen atoms in total. The van der Waals surface area contributed by atoms with Gasteiger partial charge in [0, 0.05) is 49.1 Å². The number of fused-ring (bicyclic) bond motifs is 3. The zero-order chi connectivity index (χ0) is 30.4. The van der Waals surface area contributed by atoms with Crippen LogP contribution in [0.5, 0.6) is 6.01 Å². The molecule has 1 aromatic carbocycles. The van der Waals surface area contributed by atoms with Crippen molar-refractivity contribution in [3.8, 4) is 17.1 Å². The fourth-order valence-electron chi connectivity index (χ4n) is 7.62. The lowest BCUT2D eigenvalue weighted by atomic mass is 9.53. The average Bonchev–Trinajstić information content (AvgIpc) is 3.54. The van der Waals surface area contributed by atoms with E-state index in [1.54, 1.807) is 19.5 Å². The van der Waals surface area contributed by atoms with Crippen LogP contribution in [0.3, 0.4) is 0 Å². The van der Waals surface area contributed by atoms with Crippen LogP contribution in [0.25, 0.3) is 11.1 Å². The topological polar surface area (TPSA) is 113 Å². The second kappa shape index (κ2) is 11.5. The third-order valence-corrected chi connectivity index (χ3v) is 10.8. The molecule has 1 saturated heterocycles. The Kier molecular flexibility index (Phi) is 7.69. The summed E-state index contributed by atoms with van der Waals surface area (Å²) in [6.45, 7) is 6.55. The quantitative estimate of drug-likeness (QED) is 0.275. The molecule has 10 heteroatoms. The van der Waals surface area contributed by atoms with Crippen LogP contribution < -0.4 is 9.64 Å². The largest absolute Gasteiger partial charge is 0.464 e. The Balaban J connectivity index is 1.10. The van der Waals surface area contributed by atoms with Crippen molar-refractivity contribution in [3.63, 3.8) is 0 Å². The molecule has 3 aromatic rings. The van der Waals surface area contributed by atoms with E-state index in [9.17, 15) is 4.79 Å². The van der Waals surface area contributed by atoms with E-state index in [1.165, 1.54) is 0 Å². The predicted octanol–water partition coefficient (Wildman–Crippen LogP) is 5.65. The molecular formula is C34H43N5O5. The molecule has 1 aliphatic heterocycles. The van der Waals surface area contributed by atoms with E-state index in [0.29, 0.717) is 44.1 Å². The normalized spacial score (nSPS) is 28.6. The number of carbonyl (C=O) groups excluding carboxylic acids is 1. The number of amides is 1. The van der Waals surface area contributed by atoms with Gasteiger partial charge in [-0.1, -0.05) is 17.3 Å². The van der Waals surface area contributed by atoms with Gasteiger partial charge < -0.3 is 23.6 Å². The van der Waals surface area contributed by atoms with Crippen molar-refractivity contribution in [2.24, 2.45) is 11.3 Å². The van der Waals surface area contributed by atoms with Gasteiger partial charge in [-0.3, -0.25) is 4.79 Å². The first-order valence-corrected chi connectivity index (χ1v) is 16.1. The average molecular weight is 602 g/mol. The Hall–Kier alpha value is -3.37. The summed E-state index contributed by atoms with van der Waals surface area (Å²) in [4.78, 5) is 29.8. The fraction of sp³-hybridized carbons (Fsp3) is 0.618. The Labute approximate surface area is 258 Å². The van der Waals surface area contributed by atoms with E-state index < -0.39 is 0 Å². The number of ether oxygens (including phenoxy) is 3. The van der Waals surface area contributed by atoms with E-state index in [2.05, 4.69) is 39.1 Å². The number of rotatable bonds is 11. The minimum absolute atomic E-state index is 0.0338. The number of anilines is 1. The molecular weight excluding hydrogens is 558 g/mol. The highest BCUT2D eigenvalue weighted by atomic mass is 16.5. The van der Waals surface area contributed by atoms with Crippen molar-refractivity contribution >= 4 is 11.6 Å². The molecule has 0 radical (unpaired) electrons. The van der Waals surface area contributed by atoms with Crippen LogP contribution in [0.2, 0.25) is 0 Å². The van der Waals surface area contributed by atoms with Crippen LogP contribution >= 0.6 is 0 Å². The molecule has 0 N–H and O–H groups in total. The maximum absolute atomic E-state index is 14.1. The highest BCUT2D eigenvalue weighted by molar-refractivity contribution is 5.94. The maximum atomic E-state index is 14.1. The first kappa shape index (κ1) is 29.3. The van der Waals surface area contributed by atoms with Gasteiger partial charge >= 0.3 is 6.01 Å². The van der Waals surface area contributed by atoms with Crippen LogP contribution in [0.15, 0.2) is 41.2 Å². The Bertz CT molecular complexity index is 1450. The number of hydrogen-bond donors (Lipinski definition) is 0. The predicted molar refractivity (Wildman–Crippen MR) is 163 cm³/mol. The highest BCUT2D eigenvalue weighted by Gasteiger charge is 2.53. The van der Waals surface area contributed by atoms with E-state index in [4.69, 9.17) is 23.7 Å². The summed E-state index contributed by atoms with van der Waals surface area (Å²) in [6.07, 6.45) is 12.5. The monoisotopic (exact) mass is 601 g/mol. The molecule has 0 spiro atoms. The van der Waals surface area contributed by atoms with Gasteiger partial charge in [-0.15, -0.1) is 0 Å². The third-order valence-electron chi connectivity index (χ3n) is 10.8. The van der Waals surface area contributed by atoms with Crippen LogP contribution in [0, 0.1) is 11.3 Å². The minimum atomic E-state index is -0.161. The van der Waals surface area contributed by atoms with Gasteiger partial charge in [0.05, 0.1) is 31.3 Å². The van der Waals surface area contributed by atoms with Gasteiger partial charge in [-0.2, -0.15) is 4.98 Å².